The van der Waals surface area contributed by atoms with Crippen LogP contribution in [0.5, 0.6) is 0 Å². The van der Waals surface area contributed by atoms with Crippen molar-refractivity contribution < 1.29 is 42.9 Å². The van der Waals surface area contributed by atoms with Gasteiger partial charge in [0.1, 0.15) is 6.04 Å². The Bertz CT molecular complexity index is 276. The predicted molar refractivity (Wildman–Crippen MR) is 41.6 cm³/mol. The molecule has 94 valence electrons. The lowest BCUT2D eigenvalue weighted by Crippen LogP contribution is -2.32. The van der Waals surface area contributed by atoms with Gasteiger partial charge < -0.3 is 21.1 Å². The molecule has 0 aliphatic heterocycles. The Balaban J connectivity index is 0. The zero-order valence-corrected chi connectivity index (χ0v) is 7.56. The predicted octanol–water partition coefficient (Wildman–Crippen LogP) is -0.494. The molecule has 0 saturated heterocycles. The fourth-order valence-electron chi connectivity index (χ4n) is 0.275. The van der Waals surface area contributed by atoms with Crippen LogP contribution in [-0.4, -0.2) is 45.4 Å². The minimum absolute atomic E-state index is 0.532. The highest BCUT2D eigenvalue weighted by atomic mass is 19.4. The molecule has 0 heterocycles. The Hall–Kier alpha value is -1.84. The second-order valence-corrected chi connectivity index (χ2v) is 2.35. The van der Waals surface area contributed by atoms with E-state index in [1.165, 1.54) is 0 Å². The lowest BCUT2D eigenvalue weighted by Gasteiger charge is -1.99. The number of carbonyl (C=O) groups is 3. The van der Waals surface area contributed by atoms with Crippen LogP contribution in [0.2, 0.25) is 0 Å². The summed E-state index contributed by atoms with van der Waals surface area (Å²) < 4.78 is 31.7. The zero-order valence-electron chi connectivity index (χ0n) is 7.56. The number of carboxylic acids is 3. The number of alkyl halides is 3. The van der Waals surface area contributed by atoms with Crippen LogP contribution in [0.3, 0.4) is 0 Å². The first-order valence-corrected chi connectivity index (χ1v) is 3.48. The third-order valence-corrected chi connectivity index (χ3v) is 0.954. The summed E-state index contributed by atoms with van der Waals surface area (Å²) in [5.74, 6) is -5.25. The number of hydrogen-bond donors (Lipinski definition) is 4. The van der Waals surface area contributed by atoms with E-state index in [0.29, 0.717) is 0 Å². The van der Waals surface area contributed by atoms with E-state index in [1.807, 2.05) is 0 Å². The van der Waals surface area contributed by atoms with Crippen molar-refractivity contribution in [2.75, 3.05) is 0 Å². The molecule has 0 unspecified atom stereocenters. The molecule has 0 fully saturated rings. The average molecular weight is 247 g/mol. The van der Waals surface area contributed by atoms with Crippen LogP contribution in [0.1, 0.15) is 6.42 Å². The number of nitrogens with two attached hydrogens (primary N) is 1. The first kappa shape index (κ1) is 16.6. The molecule has 0 aromatic heterocycles. The molecule has 0 aromatic rings. The highest BCUT2D eigenvalue weighted by Crippen LogP contribution is 2.13. The van der Waals surface area contributed by atoms with Crippen molar-refractivity contribution in [3.8, 4) is 0 Å². The summed E-state index contributed by atoms with van der Waals surface area (Å²) in [6.45, 7) is 0. The first-order chi connectivity index (χ1) is 6.98. The van der Waals surface area contributed by atoms with E-state index in [4.69, 9.17) is 25.8 Å². The Morgan fingerprint density at radius 2 is 1.44 bits per heavy atom. The van der Waals surface area contributed by atoms with E-state index in [-0.39, 0.29) is 0 Å². The summed E-state index contributed by atoms with van der Waals surface area (Å²) in [4.78, 5) is 28.5. The molecule has 10 heteroatoms. The van der Waals surface area contributed by atoms with Crippen molar-refractivity contribution in [3.05, 3.63) is 0 Å². The molecule has 5 N–H and O–H groups in total. The lowest BCUT2D eigenvalue weighted by atomic mass is 10.2. The third kappa shape index (κ3) is 10.2. The number of carboxylic acid groups (broad SMARTS) is 3. The van der Waals surface area contributed by atoms with Gasteiger partial charge in [0.15, 0.2) is 0 Å². The molecule has 16 heavy (non-hydrogen) atoms. The average Bonchev–Trinajstić information content (AvgIpc) is 2.01. The molecule has 0 saturated carbocycles. The van der Waals surface area contributed by atoms with Gasteiger partial charge in [-0.2, -0.15) is 13.2 Å². The molecule has 0 aromatic carbocycles. The molecular formula is C6H8F3NO6. The third-order valence-electron chi connectivity index (χ3n) is 0.954. The monoisotopic (exact) mass is 247 g/mol. The molecule has 1 atom stereocenters. The number of rotatable bonds is 3. The van der Waals surface area contributed by atoms with Gasteiger partial charge in [-0.1, -0.05) is 0 Å². The maximum Gasteiger partial charge on any atom is 0.490 e. The molecule has 7 nitrogen and oxygen atoms in total. The number of halogens is 3. The van der Waals surface area contributed by atoms with E-state index in [0.717, 1.165) is 0 Å². The summed E-state index contributed by atoms with van der Waals surface area (Å²) >= 11 is 0. The Morgan fingerprint density at radius 1 is 1.12 bits per heavy atom. The molecule has 0 radical (unpaired) electrons. The summed E-state index contributed by atoms with van der Waals surface area (Å²) in [6.07, 6.45) is -5.62. The van der Waals surface area contributed by atoms with Gasteiger partial charge in [-0.3, -0.25) is 9.59 Å². The van der Waals surface area contributed by atoms with Crippen LogP contribution in [0.25, 0.3) is 0 Å². The van der Waals surface area contributed by atoms with Crippen molar-refractivity contribution in [2.45, 2.75) is 18.6 Å². The van der Waals surface area contributed by atoms with Crippen LogP contribution in [-0.2, 0) is 14.4 Å². The minimum Gasteiger partial charge on any atom is -0.481 e. The highest BCUT2D eigenvalue weighted by Gasteiger charge is 2.38. The van der Waals surface area contributed by atoms with Gasteiger partial charge >= 0.3 is 24.1 Å². The Kier molecular flexibility index (Phi) is 6.85. The Morgan fingerprint density at radius 3 is 1.50 bits per heavy atom. The van der Waals surface area contributed by atoms with Crippen LogP contribution in [0, 0.1) is 0 Å². The SMILES string of the molecule is N[C@@H](CC(=O)O)C(=O)O.O=C(O)C(F)(F)F. The smallest absolute Gasteiger partial charge is 0.481 e. The molecular weight excluding hydrogens is 239 g/mol. The van der Waals surface area contributed by atoms with Crippen LogP contribution in [0.15, 0.2) is 0 Å². The lowest BCUT2D eigenvalue weighted by molar-refractivity contribution is -0.192. The van der Waals surface area contributed by atoms with Crippen LogP contribution >= 0.6 is 0 Å². The van der Waals surface area contributed by atoms with Crippen molar-refractivity contribution in [1.82, 2.24) is 0 Å². The van der Waals surface area contributed by atoms with Crippen LogP contribution < -0.4 is 5.73 Å². The van der Waals surface area contributed by atoms with E-state index in [9.17, 15) is 22.8 Å². The van der Waals surface area contributed by atoms with Gasteiger partial charge in [0, 0.05) is 0 Å². The van der Waals surface area contributed by atoms with E-state index in [2.05, 4.69) is 0 Å². The fourth-order valence-corrected chi connectivity index (χ4v) is 0.275. The molecule has 0 aliphatic carbocycles. The van der Waals surface area contributed by atoms with Gasteiger partial charge in [-0.15, -0.1) is 0 Å². The maximum atomic E-state index is 10.6. The molecule has 0 rings (SSSR count). The second kappa shape index (κ2) is 6.61. The summed E-state index contributed by atoms with van der Waals surface area (Å²) in [6, 6.07) is -1.29. The maximum absolute atomic E-state index is 10.6. The van der Waals surface area contributed by atoms with Crippen molar-refractivity contribution in [3.63, 3.8) is 0 Å². The normalized spacial score (nSPS) is 12.0. The van der Waals surface area contributed by atoms with Gasteiger partial charge in [0.05, 0.1) is 6.42 Å². The largest absolute Gasteiger partial charge is 0.490 e. The zero-order chi connectivity index (χ0) is 13.5. The summed E-state index contributed by atoms with van der Waals surface area (Å²) in [7, 11) is 0. The van der Waals surface area contributed by atoms with Gasteiger partial charge in [-0.25, -0.2) is 4.79 Å². The summed E-state index contributed by atoms with van der Waals surface area (Å²) in [5.41, 5.74) is 4.84. The standard InChI is InChI=1S/C4H7NO4.C2HF3O2/c5-2(4(8)9)1-3(6)7;3-2(4,5)1(6)7/h2H,1,5H2,(H,6,7)(H,8,9);(H,6,7)/t2-;/m0./s1. The highest BCUT2D eigenvalue weighted by molar-refractivity contribution is 5.80. The quantitative estimate of drug-likeness (QED) is 0.527. The first-order valence-electron chi connectivity index (χ1n) is 3.48. The molecule has 0 bridgehead atoms. The van der Waals surface area contributed by atoms with Gasteiger partial charge in [0.2, 0.25) is 0 Å². The molecule has 0 aliphatic rings. The van der Waals surface area contributed by atoms with Crippen molar-refractivity contribution in [2.24, 2.45) is 5.73 Å². The van der Waals surface area contributed by atoms with Crippen molar-refractivity contribution in [1.29, 1.82) is 0 Å². The van der Waals surface area contributed by atoms with E-state index in [1.54, 1.807) is 0 Å². The van der Waals surface area contributed by atoms with E-state index >= 15 is 0 Å². The molecule has 0 amide bonds. The molecule has 0 spiro atoms. The fraction of sp³-hybridized carbons (Fsp3) is 0.500. The Labute approximate surface area is 86.3 Å². The van der Waals surface area contributed by atoms with Crippen molar-refractivity contribution >= 4 is 17.9 Å². The van der Waals surface area contributed by atoms with Crippen LogP contribution in [0.4, 0.5) is 13.2 Å². The van der Waals surface area contributed by atoms with Gasteiger partial charge in [-0.05, 0) is 0 Å². The van der Waals surface area contributed by atoms with Gasteiger partial charge in [0.25, 0.3) is 0 Å². The number of aliphatic carboxylic acids is 3. The van der Waals surface area contributed by atoms with E-state index < -0.39 is 36.5 Å². The number of hydrogen-bond acceptors (Lipinski definition) is 4. The topological polar surface area (TPSA) is 138 Å². The minimum atomic E-state index is -5.08. The summed E-state index contributed by atoms with van der Waals surface area (Å²) in [5, 5.41) is 23.2. The second-order valence-electron chi connectivity index (χ2n) is 2.35.